The first-order valence-electron chi connectivity index (χ1n) is 14.6. The van der Waals surface area contributed by atoms with E-state index in [-0.39, 0.29) is 6.71 Å². The molecule has 0 N–H and O–H groups in total. The number of anilines is 3. The largest absolute Gasteiger partial charge is 0.458 e. The topological polar surface area (TPSA) is 21.7 Å². The SMILES string of the molecule is Cc1ccc(N(c2ccc(C)cc2)c2ccc3c(c2)Oc2cccc4c2B3c2cc3c(cc2O4)sc2ccccc23)cc1. The second-order valence-electron chi connectivity index (χ2n) is 11.5. The summed E-state index contributed by atoms with van der Waals surface area (Å²) in [4.78, 5) is 2.30. The first-order chi connectivity index (χ1) is 21.1. The van der Waals surface area contributed by atoms with Gasteiger partial charge >= 0.3 is 0 Å². The number of fused-ring (bicyclic) bond motifs is 7. The lowest BCUT2D eigenvalue weighted by molar-refractivity contribution is 0.465. The molecule has 1 aromatic heterocycles. The number of thiophene rings is 1. The normalized spacial score (nSPS) is 12.7. The quantitative estimate of drug-likeness (QED) is 0.198. The van der Waals surface area contributed by atoms with Gasteiger partial charge in [0.1, 0.15) is 23.0 Å². The van der Waals surface area contributed by atoms with Crippen molar-refractivity contribution >= 4 is 71.7 Å². The van der Waals surface area contributed by atoms with Gasteiger partial charge in [0.05, 0.1) is 0 Å². The molecule has 2 aliphatic rings. The van der Waals surface area contributed by atoms with Crippen molar-refractivity contribution in [1.29, 1.82) is 0 Å². The Kier molecular flexibility index (Phi) is 5.29. The lowest BCUT2D eigenvalue weighted by atomic mass is 9.35. The van der Waals surface area contributed by atoms with E-state index in [0.717, 1.165) is 51.0 Å². The third kappa shape index (κ3) is 3.82. The molecule has 6 aromatic carbocycles. The standard InChI is InChI=1S/C38H26BNO2S/c1-23-10-14-25(15-11-23)40(26-16-12-24(2)13-17-26)27-18-19-30-34(20-27)41-32-7-5-8-33-38(32)39(30)31-21-29-28-6-3-4-9-36(28)43-37(29)22-35(31)42-33/h3-22H,1-2H3. The van der Waals surface area contributed by atoms with Crippen molar-refractivity contribution in [2.75, 3.05) is 4.90 Å². The fourth-order valence-electron chi connectivity index (χ4n) is 6.61. The molecule has 0 aliphatic carbocycles. The van der Waals surface area contributed by atoms with Gasteiger partial charge in [-0.25, -0.2) is 0 Å². The van der Waals surface area contributed by atoms with Gasteiger partial charge in [-0.05, 0) is 79.4 Å². The maximum absolute atomic E-state index is 6.68. The van der Waals surface area contributed by atoms with Crippen molar-refractivity contribution in [2.45, 2.75) is 13.8 Å². The van der Waals surface area contributed by atoms with E-state index in [1.165, 1.54) is 36.8 Å². The van der Waals surface area contributed by atoms with E-state index in [0.29, 0.717) is 0 Å². The fourth-order valence-corrected chi connectivity index (χ4v) is 7.73. The summed E-state index contributed by atoms with van der Waals surface area (Å²) in [7, 11) is 0. The van der Waals surface area contributed by atoms with Crippen molar-refractivity contribution in [3.63, 3.8) is 0 Å². The maximum Gasteiger partial charge on any atom is 0.260 e. The Morgan fingerprint density at radius 1 is 0.512 bits per heavy atom. The Bertz CT molecular complexity index is 2170. The minimum atomic E-state index is 0.0167. The van der Waals surface area contributed by atoms with Crippen molar-refractivity contribution in [1.82, 2.24) is 0 Å². The number of aryl methyl sites for hydroxylation is 2. The lowest BCUT2D eigenvalue weighted by Gasteiger charge is -2.34. The molecule has 0 radical (unpaired) electrons. The Morgan fingerprint density at radius 3 is 1.84 bits per heavy atom. The Hall–Kier alpha value is -5.00. The predicted octanol–water partition coefficient (Wildman–Crippen LogP) is 8.87. The minimum absolute atomic E-state index is 0.0167. The second kappa shape index (κ2) is 9.25. The molecule has 0 saturated heterocycles. The van der Waals surface area contributed by atoms with Gasteiger partial charge in [0.25, 0.3) is 6.71 Å². The molecule has 0 bridgehead atoms. The van der Waals surface area contributed by atoms with Crippen molar-refractivity contribution in [3.8, 4) is 23.0 Å². The summed E-state index contributed by atoms with van der Waals surface area (Å²) < 4.78 is 15.8. The van der Waals surface area contributed by atoms with Gasteiger partial charge in [0, 0.05) is 48.8 Å². The van der Waals surface area contributed by atoms with Crippen LogP contribution in [0, 0.1) is 13.8 Å². The monoisotopic (exact) mass is 571 g/mol. The molecule has 0 amide bonds. The summed E-state index contributed by atoms with van der Waals surface area (Å²) in [6, 6.07) is 43.4. The van der Waals surface area contributed by atoms with Crippen LogP contribution in [0.1, 0.15) is 11.1 Å². The first-order valence-corrected chi connectivity index (χ1v) is 15.4. The van der Waals surface area contributed by atoms with E-state index in [1.54, 1.807) is 0 Å². The van der Waals surface area contributed by atoms with Crippen LogP contribution in [0.2, 0.25) is 0 Å². The fraction of sp³-hybridized carbons (Fsp3) is 0.0526. The number of ether oxygens (including phenoxy) is 2. The molecule has 43 heavy (non-hydrogen) atoms. The number of nitrogens with zero attached hydrogens (tertiary/aromatic N) is 1. The van der Waals surface area contributed by atoms with Crippen LogP contribution < -0.4 is 30.8 Å². The zero-order valence-electron chi connectivity index (χ0n) is 23.8. The number of hydrogen-bond acceptors (Lipinski definition) is 4. The molecule has 2 aliphatic heterocycles. The number of benzene rings is 6. The molecular weight excluding hydrogens is 545 g/mol. The van der Waals surface area contributed by atoms with Crippen LogP contribution in [0.25, 0.3) is 20.2 Å². The highest BCUT2D eigenvalue weighted by molar-refractivity contribution is 7.25. The van der Waals surface area contributed by atoms with Crippen molar-refractivity contribution < 1.29 is 9.47 Å². The second-order valence-corrected chi connectivity index (χ2v) is 12.6. The summed E-state index contributed by atoms with van der Waals surface area (Å²) in [6.07, 6.45) is 0. The summed E-state index contributed by atoms with van der Waals surface area (Å²) in [6.45, 7) is 4.26. The van der Waals surface area contributed by atoms with Gasteiger partial charge in [0.2, 0.25) is 0 Å². The molecule has 0 atom stereocenters. The van der Waals surface area contributed by atoms with Crippen LogP contribution in [0.5, 0.6) is 23.0 Å². The Balaban J connectivity index is 1.24. The summed E-state index contributed by atoms with van der Waals surface area (Å²) in [5.74, 6) is 3.52. The van der Waals surface area contributed by atoms with Crippen LogP contribution >= 0.6 is 11.3 Å². The van der Waals surface area contributed by atoms with Gasteiger partial charge in [-0.2, -0.15) is 0 Å². The molecule has 9 rings (SSSR count). The molecule has 204 valence electrons. The molecule has 7 aromatic rings. The van der Waals surface area contributed by atoms with Crippen molar-refractivity contribution in [2.24, 2.45) is 0 Å². The molecule has 5 heteroatoms. The smallest absolute Gasteiger partial charge is 0.260 e. The lowest BCUT2D eigenvalue weighted by Crippen LogP contribution is -2.57. The molecule has 0 spiro atoms. The van der Waals surface area contributed by atoms with E-state index in [1.807, 2.05) is 17.4 Å². The van der Waals surface area contributed by atoms with Crippen LogP contribution in [-0.2, 0) is 0 Å². The summed E-state index contributed by atoms with van der Waals surface area (Å²) in [5, 5.41) is 2.57. The van der Waals surface area contributed by atoms with Crippen molar-refractivity contribution in [3.05, 3.63) is 132 Å². The zero-order valence-corrected chi connectivity index (χ0v) is 24.6. The highest BCUT2D eigenvalue weighted by Crippen LogP contribution is 2.42. The minimum Gasteiger partial charge on any atom is -0.458 e. The highest BCUT2D eigenvalue weighted by atomic mass is 32.1. The molecule has 0 saturated carbocycles. The van der Waals surface area contributed by atoms with E-state index >= 15 is 0 Å². The molecule has 3 heterocycles. The van der Waals surface area contributed by atoms with Gasteiger partial charge in [0.15, 0.2) is 0 Å². The van der Waals surface area contributed by atoms with E-state index in [2.05, 4.69) is 134 Å². The number of rotatable bonds is 3. The third-order valence-corrected chi connectivity index (χ3v) is 9.86. The molecule has 0 unspecified atom stereocenters. The molecule has 0 fully saturated rings. The molecule has 3 nitrogen and oxygen atoms in total. The Labute approximate surface area is 254 Å². The van der Waals surface area contributed by atoms with E-state index in [9.17, 15) is 0 Å². The average Bonchev–Trinajstić information content (AvgIpc) is 3.39. The summed E-state index contributed by atoms with van der Waals surface area (Å²) >= 11 is 1.82. The van der Waals surface area contributed by atoms with Gasteiger partial charge in [-0.15, -0.1) is 11.3 Å². The van der Waals surface area contributed by atoms with Crippen LogP contribution in [0.3, 0.4) is 0 Å². The van der Waals surface area contributed by atoms with E-state index in [4.69, 9.17) is 9.47 Å². The van der Waals surface area contributed by atoms with Crippen LogP contribution in [0.4, 0.5) is 17.1 Å². The van der Waals surface area contributed by atoms with Gasteiger partial charge in [-0.1, -0.05) is 71.8 Å². The molecular formula is C38H26BNO2S. The highest BCUT2D eigenvalue weighted by Gasteiger charge is 2.40. The van der Waals surface area contributed by atoms with E-state index < -0.39 is 0 Å². The predicted molar refractivity (Wildman–Crippen MR) is 181 cm³/mol. The van der Waals surface area contributed by atoms with Gasteiger partial charge < -0.3 is 14.4 Å². The maximum atomic E-state index is 6.68. The van der Waals surface area contributed by atoms with Crippen LogP contribution in [-0.4, -0.2) is 6.71 Å². The first kappa shape index (κ1) is 24.6. The van der Waals surface area contributed by atoms with Gasteiger partial charge in [-0.3, -0.25) is 0 Å². The summed E-state index contributed by atoms with van der Waals surface area (Å²) in [5.41, 5.74) is 9.17. The van der Waals surface area contributed by atoms with Crippen LogP contribution in [0.15, 0.2) is 121 Å². The number of hydrogen-bond donors (Lipinski definition) is 0. The third-order valence-electron chi connectivity index (χ3n) is 8.73. The average molecular weight is 572 g/mol. The Morgan fingerprint density at radius 2 is 1.14 bits per heavy atom. The zero-order chi connectivity index (χ0) is 28.7.